The highest BCUT2D eigenvalue weighted by Gasteiger charge is 2.21. The maximum absolute atomic E-state index is 13.3. The number of alkyl halides is 2. The molecule has 0 atom stereocenters. The molecule has 0 bridgehead atoms. The molecule has 44 heavy (non-hydrogen) atoms. The third-order valence-electron chi connectivity index (χ3n) is 6.68. The van der Waals surface area contributed by atoms with E-state index in [9.17, 15) is 14.4 Å². The number of anilines is 1. The van der Waals surface area contributed by atoms with E-state index in [0.29, 0.717) is 62.3 Å². The van der Waals surface area contributed by atoms with Crippen molar-refractivity contribution in [1.82, 2.24) is 15.6 Å². The van der Waals surface area contributed by atoms with Gasteiger partial charge < -0.3 is 25.0 Å². The van der Waals surface area contributed by atoms with Crippen LogP contribution in [0.1, 0.15) is 51.3 Å². The van der Waals surface area contributed by atoms with Crippen LogP contribution < -0.4 is 15.5 Å². The van der Waals surface area contributed by atoms with Crippen LogP contribution in [0.25, 0.3) is 0 Å². The van der Waals surface area contributed by atoms with Crippen molar-refractivity contribution in [3.8, 4) is 11.8 Å². The predicted molar refractivity (Wildman–Crippen MR) is 176 cm³/mol. The molecule has 9 nitrogen and oxygen atoms in total. The zero-order valence-electron chi connectivity index (χ0n) is 24.2. The van der Waals surface area contributed by atoms with Crippen LogP contribution in [-0.2, 0) is 36.3 Å². The Kier molecular flexibility index (Phi) is 13.4. The summed E-state index contributed by atoms with van der Waals surface area (Å²) < 4.78 is 11.0. The first-order valence-electron chi connectivity index (χ1n) is 14.3. The molecule has 11 heteroatoms. The van der Waals surface area contributed by atoms with Gasteiger partial charge in [0.05, 0.1) is 50.0 Å². The highest BCUT2D eigenvalue weighted by molar-refractivity contribution is 9.08. The first kappa shape index (κ1) is 33.3. The Balaban J connectivity index is 1.09. The molecule has 230 valence electrons. The summed E-state index contributed by atoms with van der Waals surface area (Å²) in [7, 11) is 0. The van der Waals surface area contributed by atoms with E-state index < -0.39 is 0 Å². The summed E-state index contributed by atoms with van der Waals surface area (Å²) in [6, 6.07) is 18.9. The molecule has 2 aromatic carbocycles. The van der Waals surface area contributed by atoms with Gasteiger partial charge in [-0.3, -0.25) is 19.4 Å². The van der Waals surface area contributed by atoms with E-state index >= 15 is 0 Å². The van der Waals surface area contributed by atoms with E-state index in [1.165, 1.54) is 0 Å². The predicted octanol–water partition coefficient (Wildman–Crippen LogP) is 4.48. The molecular formula is C33H34Br2N4O5. The van der Waals surface area contributed by atoms with Crippen molar-refractivity contribution < 1.29 is 23.9 Å². The number of carbonyl (C=O) groups is 3. The van der Waals surface area contributed by atoms with E-state index in [0.717, 1.165) is 33.8 Å². The Morgan fingerprint density at radius 1 is 0.795 bits per heavy atom. The molecule has 1 aliphatic heterocycles. The number of carbonyl (C=O) groups excluding carboxylic acids is 3. The minimum absolute atomic E-state index is 0.0774. The number of hydrogen-bond acceptors (Lipinski definition) is 6. The van der Waals surface area contributed by atoms with Gasteiger partial charge in [0.25, 0.3) is 5.91 Å². The average Bonchev–Trinajstić information content (AvgIpc) is 3.05. The molecule has 1 aliphatic rings. The largest absolute Gasteiger partial charge is 0.377 e. The summed E-state index contributed by atoms with van der Waals surface area (Å²) in [5.74, 6) is 5.86. The van der Waals surface area contributed by atoms with Crippen molar-refractivity contribution in [3.05, 3.63) is 94.3 Å². The number of benzene rings is 2. The molecule has 2 N–H and O–H groups in total. The number of ether oxygens (including phenoxy) is 2. The molecule has 2 heterocycles. The average molecular weight is 726 g/mol. The van der Waals surface area contributed by atoms with Gasteiger partial charge in [-0.15, -0.1) is 0 Å². The molecule has 0 radical (unpaired) electrons. The lowest BCUT2D eigenvalue weighted by atomic mass is 10.0. The Bertz CT molecular complexity index is 1500. The van der Waals surface area contributed by atoms with Gasteiger partial charge in [0.2, 0.25) is 11.8 Å². The monoisotopic (exact) mass is 724 g/mol. The Hall–Kier alpha value is -3.56. The smallest absolute Gasteiger partial charge is 0.251 e. The normalized spacial score (nSPS) is 11.7. The fraction of sp³-hybridized carbons (Fsp3) is 0.333. The van der Waals surface area contributed by atoms with E-state index in [1.807, 2.05) is 48.5 Å². The molecule has 0 saturated heterocycles. The lowest BCUT2D eigenvalue weighted by molar-refractivity contribution is -0.125. The van der Waals surface area contributed by atoms with Crippen LogP contribution in [0.2, 0.25) is 0 Å². The van der Waals surface area contributed by atoms with Gasteiger partial charge in [-0.25, -0.2) is 0 Å². The molecule has 4 rings (SSSR count). The van der Waals surface area contributed by atoms with E-state index in [4.69, 9.17) is 9.47 Å². The van der Waals surface area contributed by atoms with Crippen molar-refractivity contribution >= 4 is 55.3 Å². The van der Waals surface area contributed by atoms with Crippen molar-refractivity contribution in [3.63, 3.8) is 0 Å². The highest BCUT2D eigenvalue weighted by Crippen LogP contribution is 2.26. The first-order valence-corrected chi connectivity index (χ1v) is 16.5. The summed E-state index contributed by atoms with van der Waals surface area (Å²) >= 11 is 6.75. The quantitative estimate of drug-likeness (QED) is 0.136. The van der Waals surface area contributed by atoms with Crippen LogP contribution in [0.4, 0.5) is 5.69 Å². The standard InChI is InChI=1S/C33H34Br2N4O5/c34-21-28-19-27(20-29(22-35)38-28)33(42)37-14-16-44-18-17-43-15-13-36-31(40)11-12-32(41)39-23-26-7-2-1-5-24(26)9-10-25-6-3-4-8-30(25)39/h1-8,19-20H,11-18,21-23H2,(H,36,40)(H,37,42). The van der Waals surface area contributed by atoms with E-state index in [-0.39, 0.29) is 30.6 Å². The second kappa shape index (κ2) is 17.7. The summed E-state index contributed by atoms with van der Waals surface area (Å²) in [6.45, 7) is 2.48. The fourth-order valence-electron chi connectivity index (χ4n) is 4.49. The number of fused-ring (bicyclic) bond motifs is 2. The number of hydrogen-bond donors (Lipinski definition) is 2. The third-order valence-corrected chi connectivity index (χ3v) is 7.83. The molecular weight excluding hydrogens is 692 g/mol. The Labute approximate surface area is 274 Å². The second-order valence-electron chi connectivity index (χ2n) is 9.84. The van der Waals surface area contributed by atoms with Gasteiger partial charge in [-0.05, 0) is 35.9 Å². The van der Waals surface area contributed by atoms with Gasteiger partial charge in [0.15, 0.2) is 0 Å². The van der Waals surface area contributed by atoms with Gasteiger partial charge in [-0.1, -0.05) is 74.0 Å². The maximum atomic E-state index is 13.3. The van der Waals surface area contributed by atoms with Crippen LogP contribution in [-0.4, -0.2) is 62.2 Å². The number of nitrogens with zero attached hydrogens (tertiary/aromatic N) is 2. The van der Waals surface area contributed by atoms with Crippen molar-refractivity contribution in [1.29, 1.82) is 0 Å². The van der Waals surface area contributed by atoms with Gasteiger partial charge in [-0.2, -0.15) is 0 Å². The highest BCUT2D eigenvalue weighted by atomic mass is 79.9. The summed E-state index contributed by atoms with van der Waals surface area (Å²) in [4.78, 5) is 44.2. The van der Waals surface area contributed by atoms with Crippen LogP contribution in [0.3, 0.4) is 0 Å². The number of para-hydroxylation sites is 1. The van der Waals surface area contributed by atoms with Gasteiger partial charge >= 0.3 is 0 Å². The molecule has 0 unspecified atom stereocenters. The molecule has 1 aromatic heterocycles. The maximum Gasteiger partial charge on any atom is 0.251 e. The SMILES string of the molecule is O=C(CCC(=O)N1Cc2ccccc2C#Cc2ccccc21)NCCOCCOCCNC(=O)c1cc(CBr)nc(CBr)c1. The number of halogens is 2. The minimum atomic E-state index is -0.213. The van der Waals surface area contributed by atoms with Crippen molar-refractivity contribution in [2.24, 2.45) is 0 Å². The Morgan fingerprint density at radius 3 is 2.11 bits per heavy atom. The number of rotatable bonds is 15. The number of pyridine rings is 1. The molecule has 0 fully saturated rings. The summed E-state index contributed by atoms with van der Waals surface area (Å²) in [6.07, 6.45) is 0.158. The third kappa shape index (κ3) is 9.99. The number of aromatic nitrogens is 1. The Morgan fingerprint density at radius 2 is 1.41 bits per heavy atom. The molecule has 0 aliphatic carbocycles. The number of amides is 3. The first-order chi connectivity index (χ1) is 21.5. The van der Waals surface area contributed by atoms with Crippen molar-refractivity contribution in [2.75, 3.05) is 44.4 Å². The minimum Gasteiger partial charge on any atom is -0.377 e. The summed E-state index contributed by atoms with van der Waals surface area (Å²) in [5.41, 5.74) is 5.54. The molecule has 3 aromatic rings. The topological polar surface area (TPSA) is 110 Å². The van der Waals surface area contributed by atoms with Crippen LogP contribution in [0.15, 0.2) is 60.7 Å². The lowest BCUT2D eigenvalue weighted by Gasteiger charge is -2.26. The van der Waals surface area contributed by atoms with E-state index in [1.54, 1.807) is 17.0 Å². The van der Waals surface area contributed by atoms with Gasteiger partial charge in [0, 0.05) is 53.3 Å². The molecule has 0 saturated carbocycles. The second-order valence-corrected chi connectivity index (χ2v) is 11.0. The van der Waals surface area contributed by atoms with Crippen LogP contribution in [0.5, 0.6) is 0 Å². The van der Waals surface area contributed by atoms with Crippen LogP contribution >= 0.6 is 31.9 Å². The zero-order valence-corrected chi connectivity index (χ0v) is 27.4. The van der Waals surface area contributed by atoms with Crippen LogP contribution in [0, 0.1) is 11.8 Å². The molecule has 0 spiro atoms. The molecule has 3 amide bonds. The fourth-order valence-corrected chi connectivity index (χ4v) is 5.07. The van der Waals surface area contributed by atoms with Gasteiger partial charge in [0.1, 0.15) is 0 Å². The van der Waals surface area contributed by atoms with E-state index in [2.05, 4.69) is 59.3 Å². The zero-order chi connectivity index (χ0) is 31.1. The number of nitrogens with one attached hydrogen (secondary N) is 2. The summed E-state index contributed by atoms with van der Waals surface area (Å²) in [5, 5.41) is 6.78. The lowest BCUT2D eigenvalue weighted by Crippen LogP contribution is -2.34. The van der Waals surface area contributed by atoms with Crippen molar-refractivity contribution in [2.45, 2.75) is 30.0 Å².